The molecule has 0 saturated carbocycles. The standard InChI is InChI=1S/C48H87NO18/c1-3-5-7-9-11-13-14-15-16-17-18-20-22-24-26-36(54)49-31(32(53)25-23-21-19-12-10-8-6-4-2)30-62-46-42(60)39(57)44(34(28-51)64-46)67-48-43(61)40(58)45(35(29-52)65-48)66-47-41(59)38(56)37(55)33(27-50)63-47/h9,11,14-15,31-35,37-48,50-53,55-61H,3-8,10,12-13,16-30H2,1-2H3,(H,49,54)/b11-9-,15-14-. The van der Waals surface area contributed by atoms with Crippen LogP contribution in [0, 0.1) is 0 Å². The largest absolute Gasteiger partial charge is 0.394 e. The Morgan fingerprint density at radius 3 is 1.57 bits per heavy atom. The Bertz CT molecular complexity index is 1340. The molecule has 0 radical (unpaired) electrons. The molecule has 67 heavy (non-hydrogen) atoms. The van der Waals surface area contributed by atoms with Crippen molar-refractivity contribution in [1.82, 2.24) is 5.32 Å². The van der Waals surface area contributed by atoms with Gasteiger partial charge in [0.05, 0.1) is 38.6 Å². The number of rotatable bonds is 34. The maximum absolute atomic E-state index is 13.2. The zero-order valence-electron chi connectivity index (χ0n) is 39.9. The van der Waals surface area contributed by atoms with E-state index in [2.05, 4.69) is 43.5 Å². The maximum atomic E-state index is 13.2. The van der Waals surface area contributed by atoms with E-state index in [0.717, 1.165) is 77.0 Å². The average Bonchev–Trinajstić information content (AvgIpc) is 3.32. The smallest absolute Gasteiger partial charge is 0.220 e. The van der Waals surface area contributed by atoms with Crippen LogP contribution in [0.3, 0.4) is 0 Å². The van der Waals surface area contributed by atoms with Gasteiger partial charge in [0.2, 0.25) is 5.91 Å². The van der Waals surface area contributed by atoms with Gasteiger partial charge in [-0.2, -0.15) is 0 Å². The fourth-order valence-electron chi connectivity index (χ4n) is 8.50. The molecule has 0 bridgehead atoms. The molecule has 3 heterocycles. The van der Waals surface area contributed by atoms with Gasteiger partial charge in [-0.05, 0) is 38.5 Å². The van der Waals surface area contributed by atoms with Crippen LogP contribution < -0.4 is 5.32 Å². The second-order valence-electron chi connectivity index (χ2n) is 18.3. The van der Waals surface area contributed by atoms with Gasteiger partial charge in [-0.25, -0.2) is 0 Å². The van der Waals surface area contributed by atoms with Gasteiger partial charge in [0.25, 0.3) is 0 Å². The summed E-state index contributed by atoms with van der Waals surface area (Å²) in [6.07, 6.45) is 1.69. The van der Waals surface area contributed by atoms with Crippen LogP contribution in [0.2, 0.25) is 0 Å². The molecule has 0 aliphatic carbocycles. The molecule has 3 rings (SSSR count). The van der Waals surface area contributed by atoms with E-state index < -0.39 is 124 Å². The highest BCUT2D eigenvalue weighted by Gasteiger charge is 2.53. The summed E-state index contributed by atoms with van der Waals surface area (Å²) >= 11 is 0. The highest BCUT2D eigenvalue weighted by Crippen LogP contribution is 2.33. The lowest BCUT2D eigenvalue weighted by atomic mass is 9.96. The van der Waals surface area contributed by atoms with E-state index in [0.29, 0.717) is 12.8 Å². The number of unbranched alkanes of at least 4 members (excludes halogenated alkanes) is 14. The molecule has 0 spiro atoms. The Kier molecular flexibility index (Phi) is 30.0. The van der Waals surface area contributed by atoms with E-state index in [-0.39, 0.29) is 18.9 Å². The van der Waals surface area contributed by atoms with Crippen LogP contribution in [0.5, 0.6) is 0 Å². The number of nitrogens with one attached hydrogen (secondary N) is 1. The van der Waals surface area contributed by atoms with Crippen LogP contribution in [0.1, 0.15) is 142 Å². The number of aliphatic hydroxyl groups excluding tert-OH is 11. The first-order valence-corrected chi connectivity index (χ1v) is 25.1. The van der Waals surface area contributed by atoms with Crippen LogP contribution in [0.15, 0.2) is 24.3 Å². The molecule has 3 aliphatic rings. The molecule has 0 aromatic carbocycles. The molecule has 19 heteroatoms. The number of carbonyl (C=O) groups is 1. The van der Waals surface area contributed by atoms with Crippen molar-refractivity contribution in [3.63, 3.8) is 0 Å². The lowest BCUT2D eigenvalue weighted by Crippen LogP contribution is -2.66. The predicted octanol–water partition coefficient (Wildman–Crippen LogP) is 1.25. The van der Waals surface area contributed by atoms with Crippen LogP contribution in [-0.4, -0.2) is 193 Å². The molecule has 3 aliphatic heterocycles. The van der Waals surface area contributed by atoms with Crippen molar-refractivity contribution in [3.05, 3.63) is 24.3 Å². The van der Waals surface area contributed by atoms with Gasteiger partial charge in [-0.1, -0.05) is 122 Å². The number of hydrogen-bond donors (Lipinski definition) is 12. The van der Waals surface area contributed by atoms with Gasteiger partial charge < -0.3 is 89.9 Å². The number of ether oxygens (including phenoxy) is 6. The van der Waals surface area contributed by atoms with Gasteiger partial charge in [0.1, 0.15) is 73.2 Å². The molecule has 1 amide bonds. The molecule has 17 unspecified atom stereocenters. The number of allylic oxidation sites excluding steroid dienone is 4. The van der Waals surface area contributed by atoms with Gasteiger partial charge in [-0.3, -0.25) is 4.79 Å². The minimum absolute atomic E-state index is 0.250. The third-order valence-corrected chi connectivity index (χ3v) is 12.8. The maximum Gasteiger partial charge on any atom is 0.220 e. The van der Waals surface area contributed by atoms with Crippen LogP contribution in [0.25, 0.3) is 0 Å². The molecule has 12 N–H and O–H groups in total. The summed E-state index contributed by atoms with van der Waals surface area (Å²) in [6, 6.07) is -0.888. The topological polar surface area (TPSA) is 307 Å². The third kappa shape index (κ3) is 20.1. The number of amides is 1. The second kappa shape index (κ2) is 33.8. The fourth-order valence-corrected chi connectivity index (χ4v) is 8.50. The summed E-state index contributed by atoms with van der Waals surface area (Å²) in [6.45, 7) is 1.64. The van der Waals surface area contributed by atoms with Crippen LogP contribution >= 0.6 is 0 Å². The predicted molar refractivity (Wildman–Crippen MR) is 245 cm³/mol. The molecule has 3 fully saturated rings. The number of carbonyl (C=O) groups excluding carboxylic acids is 1. The summed E-state index contributed by atoms with van der Waals surface area (Å²) in [4.78, 5) is 13.2. The molecule has 0 aromatic heterocycles. The summed E-state index contributed by atoms with van der Waals surface area (Å²) in [7, 11) is 0. The SMILES string of the molecule is CCCC/C=C\C/C=C\CCCCCCCC(=O)NC(COC1OC(CO)C(OC2OC(CO)C(OC3OC(CO)C(O)C(O)C3O)C(O)C2O)C(O)C1O)C(O)CCCCCCCCCC. The fraction of sp³-hybridized carbons (Fsp3) is 0.896. The Hall–Kier alpha value is -1.73. The first-order valence-electron chi connectivity index (χ1n) is 25.1. The average molecular weight is 966 g/mol. The van der Waals surface area contributed by atoms with Crippen molar-refractivity contribution in [2.24, 2.45) is 0 Å². The number of hydrogen-bond acceptors (Lipinski definition) is 18. The molecule has 19 nitrogen and oxygen atoms in total. The van der Waals surface area contributed by atoms with E-state index >= 15 is 0 Å². The van der Waals surface area contributed by atoms with E-state index in [1.165, 1.54) is 32.1 Å². The molecular formula is C48H87NO18. The molecular weight excluding hydrogens is 879 g/mol. The molecule has 17 atom stereocenters. The van der Waals surface area contributed by atoms with Crippen molar-refractivity contribution in [2.75, 3.05) is 26.4 Å². The normalized spacial score (nSPS) is 33.7. The third-order valence-electron chi connectivity index (χ3n) is 12.8. The van der Waals surface area contributed by atoms with Crippen molar-refractivity contribution in [1.29, 1.82) is 0 Å². The van der Waals surface area contributed by atoms with Crippen molar-refractivity contribution >= 4 is 5.91 Å². The van der Waals surface area contributed by atoms with E-state index in [1.807, 2.05) is 0 Å². The van der Waals surface area contributed by atoms with Gasteiger partial charge in [0, 0.05) is 6.42 Å². The Labute approximate surface area is 397 Å². The molecule has 0 aromatic rings. The second-order valence-corrected chi connectivity index (χ2v) is 18.3. The van der Waals surface area contributed by atoms with Crippen LogP contribution in [0.4, 0.5) is 0 Å². The van der Waals surface area contributed by atoms with Crippen molar-refractivity contribution in [3.8, 4) is 0 Å². The minimum Gasteiger partial charge on any atom is -0.394 e. The lowest BCUT2D eigenvalue weighted by molar-refractivity contribution is -0.379. The summed E-state index contributed by atoms with van der Waals surface area (Å²) in [5, 5.41) is 119. The first kappa shape index (κ1) is 59.6. The summed E-state index contributed by atoms with van der Waals surface area (Å²) in [5.74, 6) is -0.263. The summed E-state index contributed by atoms with van der Waals surface area (Å²) in [5.41, 5.74) is 0. The minimum atomic E-state index is -1.97. The van der Waals surface area contributed by atoms with E-state index in [9.17, 15) is 61.0 Å². The first-order chi connectivity index (χ1) is 32.3. The monoisotopic (exact) mass is 966 g/mol. The quantitative estimate of drug-likeness (QED) is 0.0319. The van der Waals surface area contributed by atoms with Gasteiger partial charge in [0.15, 0.2) is 18.9 Å². The zero-order chi connectivity index (χ0) is 49.1. The Morgan fingerprint density at radius 1 is 0.537 bits per heavy atom. The van der Waals surface area contributed by atoms with Gasteiger partial charge >= 0.3 is 0 Å². The summed E-state index contributed by atoms with van der Waals surface area (Å²) < 4.78 is 34.1. The van der Waals surface area contributed by atoms with Crippen molar-refractivity contribution in [2.45, 2.75) is 247 Å². The molecule has 392 valence electrons. The van der Waals surface area contributed by atoms with Crippen LogP contribution in [-0.2, 0) is 33.2 Å². The Balaban J connectivity index is 1.55. The highest BCUT2D eigenvalue weighted by molar-refractivity contribution is 5.76. The number of aliphatic hydroxyl groups is 11. The lowest BCUT2D eigenvalue weighted by Gasteiger charge is -2.48. The van der Waals surface area contributed by atoms with Crippen molar-refractivity contribution < 1.29 is 89.4 Å². The zero-order valence-corrected chi connectivity index (χ0v) is 39.9. The Morgan fingerprint density at radius 2 is 1.00 bits per heavy atom. The van der Waals surface area contributed by atoms with E-state index in [1.54, 1.807) is 0 Å². The van der Waals surface area contributed by atoms with E-state index in [4.69, 9.17) is 28.4 Å². The highest BCUT2D eigenvalue weighted by atomic mass is 16.8. The van der Waals surface area contributed by atoms with Gasteiger partial charge in [-0.15, -0.1) is 0 Å². The molecule has 3 saturated heterocycles.